The number of carbonyl (C=O) groups is 1. The second kappa shape index (κ2) is 10.1. The van der Waals surface area contributed by atoms with Crippen LogP contribution >= 0.6 is 22.9 Å². The van der Waals surface area contributed by atoms with Crippen molar-refractivity contribution in [3.63, 3.8) is 0 Å². The summed E-state index contributed by atoms with van der Waals surface area (Å²) in [6.07, 6.45) is 1.74. The van der Waals surface area contributed by atoms with E-state index >= 15 is 0 Å². The van der Waals surface area contributed by atoms with E-state index in [4.69, 9.17) is 11.6 Å². The highest BCUT2D eigenvalue weighted by molar-refractivity contribution is 7.91. The number of thiophene rings is 1. The minimum atomic E-state index is -3.69. The number of anilines is 1. The number of nitrogens with one attached hydrogen (secondary N) is 1. The number of hydrogen-bond donors (Lipinski definition) is 1. The maximum atomic E-state index is 12.4. The summed E-state index contributed by atoms with van der Waals surface area (Å²) in [6, 6.07) is 13.1. The number of benzene rings is 1. The summed E-state index contributed by atoms with van der Waals surface area (Å²) in [4.78, 5) is 14.2. The van der Waals surface area contributed by atoms with Crippen molar-refractivity contribution < 1.29 is 13.2 Å². The lowest BCUT2D eigenvalue weighted by molar-refractivity contribution is -0.121. The summed E-state index contributed by atoms with van der Waals surface area (Å²) in [7, 11) is -0.272. The molecular formula is C18H24ClN3O3S2. The van der Waals surface area contributed by atoms with Crippen molar-refractivity contribution in [3.05, 3.63) is 46.8 Å². The van der Waals surface area contributed by atoms with Gasteiger partial charge in [-0.3, -0.25) is 4.79 Å². The molecule has 0 saturated heterocycles. The zero-order valence-electron chi connectivity index (χ0n) is 15.4. The first-order valence-electron chi connectivity index (χ1n) is 8.55. The molecular weight excluding hydrogens is 406 g/mol. The van der Waals surface area contributed by atoms with Crippen molar-refractivity contribution in [2.24, 2.45) is 0 Å². The van der Waals surface area contributed by atoms with Gasteiger partial charge in [0.2, 0.25) is 5.91 Å². The standard InChI is InChI=1S/C18H24ClN3O3S2/c1-21(15-8-4-3-5-9-15)13-7-6-12-20-17(23)14-22(2)27(24,25)18-11-10-16(19)26-18/h3-5,8-11H,6-7,12-14H2,1-2H3,(H,20,23). The van der Waals surface area contributed by atoms with Crippen molar-refractivity contribution in [1.82, 2.24) is 9.62 Å². The Kier molecular flexibility index (Phi) is 8.09. The number of rotatable bonds is 10. The van der Waals surface area contributed by atoms with E-state index in [2.05, 4.69) is 22.3 Å². The van der Waals surface area contributed by atoms with E-state index in [0.29, 0.717) is 10.9 Å². The van der Waals surface area contributed by atoms with Gasteiger partial charge in [0.05, 0.1) is 10.9 Å². The van der Waals surface area contributed by atoms with E-state index in [0.717, 1.165) is 40.7 Å². The smallest absolute Gasteiger partial charge is 0.252 e. The predicted octanol–water partition coefficient (Wildman–Crippen LogP) is 3.05. The SMILES string of the molecule is CN(CCCCNC(=O)CN(C)S(=O)(=O)c1ccc(Cl)s1)c1ccccc1. The molecule has 0 aliphatic heterocycles. The van der Waals surface area contributed by atoms with Crippen LogP contribution in [0.3, 0.4) is 0 Å². The molecule has 0 spiro atoms. The van der Waals surface area contributed by atoms with Crippen LogP contribution in [-0.4, -0.2) is 52.4 Å². The zero-order chi connectivity index (χ0) is 19.9. The molecule has 1 amide bonds. The zero-order valence-corrected chi connectivity index (χ0v) is 17.8. The molecule has 1 aromatic carbocycles. The lowest BCUT2D eigenvalue weighted by Gasteiger charge is -2.19. The van der Waals surface area contributed by atoms with Crippen LogP contribution in [0.15, 0.2) is 46.7 Å². The third kappa shape index (κ3) is 6.49. The Morgan fingerprint density at radius 1 is 1.11 bits per heavy atom. The third-order valence-electron chi connectivity index (χ3n) is 4.02. The molecule has 2 rings (SSSR count). The lowest BCUT2D eigenvalue weighted by atomic mass is 10.2. The summed E-state index contributed by atoms with van der Waals surface area (Å²) in [6.45, 7) is 1.18. The molecule has 0 unspecified atom stereocenters. The number of para-hydroxylation sites is 1. The van der Waals surface area contributed by atoms with Crippen molar-refractivity contribution in [3.8, 4) is 0 Å². The first kappa shape index (κ1) is 21.7. The van der Waals surface area contributed by atoms with Gasteiger partial charge in [0.1, 0.15) is 4.21 Å². The fourth-order valence-corrected chi connectivity index (χ4v) is 5.27. The molecule has 6 nitrogen and oxygen atoms in total. The maximum absolute atomic E-state index is 12.4. The van der Waals surface area contributed by atoms with Crippen LogP contribution < -0.4 is 10.2 Å². The van der Waals surface area contributed by atoms with Crippen LogP contribution in [-0.2, 0) is 14.8 Å². The quantitative estimate of drug-likeness (QED) is 0.589. The molecule has 1 N–H and O–H groups in total. The van der Waals surface area contributed by atoms with Crippen LogP contribution in [0.25, 0.3) is 0 Å². The summed E-state index contributed by atoms with van der Waals surface area (Å²) >= 11 is 6.76. The monoisotopic (exact) mass is 429 g/mol. The molecule has 148 valence electrons. The molecule has 27 heavy (non-hydrogen) atoms. The van der Waals surface area contributed by atoms with Crippen LogP contribution in [0, 0.1) is 0 Å². The first-order valence-corrected chi connectivity index (χ1v) is 11.2. The van der Waals surface area contributed by atoms with E-state index in [-0.39, 0.29) is 16.7 Å². The number of nitrogens with zero attached hydrogens (tertiary/aromatic N) is 2. The first-order chi connectivity index (χ1) is 12.8. The van der Waals surface area contributed by atoms with E-state index < -0.39 is 10.0 Å². The number of carbonyl (C=O) groups excluding carboxylic acids is 1. The minimum Gasteiger partial charge on any atom is -0.375 e. The topological polar surface area (TPSA) is 69.7 Å². The Bertz CT molecular complexity index is 841. The highest BCUT2D eigenvalue weighted by atomic mass is 35.5. The van der Waals surface area contributed by atoms with E-state index in [9.17, 15) is 13.2 Å². The fraction of sp³-hybridized carbons (Fsp3) is 0.389. The average molecular weight is 430 g/mol. The van der Waals surface area contributed by atoms with Gasteiger partial charge in [-0.15, -0.1) is 11.3 Å². The fourth-order valence-electron chi connectivity index (χ4n) is 2.45. The molecule has 0 atom stereocenters. The predicted molar refractivity (Wildman–Crippen MR) is 111 cm³/mol. The molecule has 1 heterocycles. The highest BCUT2D eigenvalue weighted by Crippen LogP contribution is 2.27. The average Bonchev–Trinajstić information content (AvgIpc) is 3.09. The van der Waals surface area contributed by atoms with E-state index in [1.807, 2.05) is 25.2 Å². The summed E-state index contributed by atoms with van der Waals surface area (Å²) in [5, 5.41) is 2.77. The van der Waals surface area contributed by atoms with Gasteiger partial charge >= 0.3 is 0 Å². The normalized spacial score (nSPS) is 11.6. The summed E-state index contributed by atoms with van der Waals surface area (Å²) in [5.74, 6) is -0.319. The van der Waals surface area contributed by atoms with Crippen LogP contribution in [0.4, 0.5) is 5.69 Å². The summed E-state index contributed by atoms with van der Waals surface area (Å²) < 4.78 is 26.3. The van der Waals surface area contributed by atoms with Gasteiger partial charge in [-0.05, 0) is 37.1 Å². The Labute approximate surface area is 169 Å². The van der Waals surface area contributed by atoms with Crippen LogP contribution in [0.2, 0.25) is 4.34 Å². The number of unbranched alkanes of at least 4 members (excludes halogenated alkanes) is 1. The Hall–Kier alpha value is -1.61. The second-order valence-corrected chi connectivity index (χ2v) is 10.1. The van der Waals surface area contributed by atoms with E-state index in [1.165, 1.54) is 19.2 Å². The van der Waals surface area contributed by atoms with Gasteiger partial charge in [0.15, 0.2) is 0 Å². The van der Waals surface area contributed by atoms with Crippen molar-refractivity contribution in [2.75, 3.05) is 38.6 Å². The molecule has 1 aromatic heterocycles. The van der Waals surface area contributed by atoms with Gasteiger partial charge in [-0.2, -0.15) is 4.31 Å². The Balaban J connectivity index is 1.68. The number of halogens is 1. The summed E-state index contributed by atoms with van der Waals surface area (Å²) in [5.41, 5.74) is 1.15. The maximum Gasteiger partial charge on any atom is 0.252 e. The number of amides is 1. The largest absolute Gasteiger partial charge is 0.375 e. The number of likely N-dealkylation sites (N-methyl/N-ethyl adjacent to an activating group) is 1. The van der Waals surface area contributed by atoms with Gasteiger partial charge < -0.3 is 10.2 Å². The number of hydrogen-bond acceptors (Lipinski definition) is 5. The molecule has 9 heteroatoms. The Morgan fingerprint density at radius 2 is 1.81 bits per heavy atom. The molecule has 0 fully saturated rings. The van der Waals surface area contributed by atoms with Crippen molar-refractivity contribution in [1.29, 1.82) is 0 Å². The van der Waals surface area contributed by atoms with Crippen LogP contribution in [0.1, 0.15) is 12.8 Å². The molecule has 0 aliphatic carbocycles. The minimum absolute atomic E-state index is 0.131. The molecule has 0 radical (unpaired) electrons. The lowest BCUT2D eigenvalue weighted by Crippen LogP contribution is -2.38. The van der Waals surface area contributed by atoms with E-state index in [1.54, 1.807) is 0 Å². The second-order valence-electron chi connectivity index (χ2n) is 6.13. The molecule has 0 bridgehead atoms. The van der Waals surface area contributed by atoms with Crippen molar-refractivity contribution in [2.45, 2.75) is 17.1 Å². The molecule has 0 saturated carbocycles. The van der Waals surface area contributed by atoms with Gasteiger partial charge in [0, 0.05) is 32.9 Å². The van der Waals surface area contributed by atoms with Gasteiger partial charge in [-0.1, -0.05) is 29.8 Å². The Morgan fingerprint density at radius 3 is 2.44 bits per heavy atom. The molecule has 0 aliphatic rings. The van der Waals surface area contributed by atoms with Gasteiger partial charge in [-0.25, -0.2) is 8.42 Å². The highest BCUT2D eigenvalue weighted by Gasteiger charge is 2.24. The van der Waals surface area contributed by atoms with Gasteiger partial charge in [0.25, 0.3) is 10.0 Å². The van der Waals surface area contributed by atoms with Crippen LogP contribution in [0.5, 0.6) is 0 Å². The third-order valence-corrected chi connectivity index (χ3v) is 7.52. The van der Waals surface area contributed by atoms with Crippen molar-refractivity contribution >= 4 is 44.6 Å². The molecule has 2 aromatic rings. The number of sulfonamides is 1.